The summed E-state index contributed by atoms with van der Waals surface area (Å²) in [5, 5.41) is 8.27. The summed E-state index contributed by atoms with van der Waals surface area (Å²) in [6, 6.07) is 6.41. The van der Waals surface area contributed by atoms with Crippen LogP contribution < -0.4 is 10.2 Å². The van der Waals surface area contributed by atoms with Gasteiger partial charge in [0.05, 0.1) is 32.8 Å². The lowest BCUT2D eigenvalue weighted by molar-refractivity contribution is 0.416. The number of nitrogens with zero attached hydrogens (tertiary/aromatic N) is 3. The Morgan fingerprint density at radius 1 is 1.31 bits per heavy atom. The Morgan fingerprint density at radius 3 is 2.91 bits per heavy atom. The number of halogens is 2. The van der Waals surface area contributed by atoms with Gasteiger partial charge in [-0.3, -0.25) is 4.21 Å². The summed E-state index contributed by atoms with van der Waals surface area (Å²) in [6.07, 6.45) is 8.44. The molecule has 0 saturated carbocycles. The van der Waals surface area contributed by atoms with Gasteiger partial charge in [0.25, 0.3) is 0 Å². The molecule has 1 unspecified atom stereocenters. The van der Waals surface area contributed by atoms with Crippen molar-refractivity contribution in [3.05, 3.63) is 65.4 Å². The summed E-state index contributed by atoms with van der Waals surface area (Å²) in [5.41, 5.74) is 3.61. The van der Waals surface area contributed by atoms with Crippen LogP contribution in [0.15, 0.2) is 57.6 Å². The molecule has 0 bridgehead atoms. The lowest BCUT2D eigenvalue weighted by Crippen LogP contribution is -2.33. The predicted molar refractivity (Wildman–Crippen MR) is 134 cm³/mol. The van der Waals surface area contributed by atoms with Gasteiger partial charge in [-0.1, -0.05) is 18.2 Å². The Kier molecular flexibility index (Phi) is 6.95. The molecule has 35 heavy (non-hydrogen) atoms. The van der Waals surface area contributed by atoms with Crippen molar-refractivity contribution in [2.24, 2.45) is 0 Å². The highest BCUT2D eigenvalue weighted by Gasteiger charge is 2.29. The Bertz CT molecular complexity index is 1310. The first kappa shape index (κ1) is 23.7. The van der Waals surface area contributed by atoms with Gasteiger partial charge in [-0.25, -0.2) is 13.8 Å². The van der Waals surface area contributed by atoms with E-state index < -0.39 is 17.5 Å². The van der Waals surface area contributed by atoms with Crippen molar-refractivity contribution in [1.29, 1.82) is 0 Å². The molecule has 0 amide bonds. The van der Waals surface area contributed by atoms with E-state index in [4.69, 9.17) is 9.51 Å². The highest BCUT2D eigenvalue weighted by atomic mass is 32.2. The van der Waals surface area contributed by atoms with Crippen molar-refractivity contribution in [1.82, 2.24) is 10.1 Å². The lowest BCUT2D eigenvalue weighted by Gasteiger charge is -2.32. The first-order valence-corrected chi connectivity index (χ1v) is 13.3. The Morgan fingerprint density at radius 2 is 2.14 bits per heavy atom. The number of rotatable bonds is 7. The molecule has 1 aromatic carbocycles. The van der Waals surface area contributed by atoms with Crippen molar-refractivity contribution < 1.29 is 17.5 Å². The third kappa shape index (κ3) is 4.87. The Hall–Kier alpha value is -3.07. The van der Waals surface area contributed by atoms with Crippen molar-refractivity contribution >= 4 is 33.3 Å². The zero-order valence-electron chi connectivity index (χ0n) is 19.6. The minimum atomic E-state index is -1.13. The molecule has 0 radical (unpaired) electrons. The molecule has 3 aromatic rings. The average molecular weight is 499 g/mol. The standard InChI is InChI=1S/C26H28F2N4O2S/c1-2-3-4-19(7-11-27)29-22-16-24(30-21-10-14-35(33)26(21)22)32-12-8-17(9-13-32)25-20-15-18(28)5-6-23(20)34-31-25/h3-7,15-17H,2,8-14H2,1H3,(H,29,30)/b4-3-,19-7+. The van der Waals surface area contributed by atoms with Gasteiger partial charge in [-0.15, -0.1) is 0 Å². The first-order chi connectivity index (χ1) is 17.1. The highest BCUT2D eigenvalue weighted by molar-refractivity contribution is 7.85. The van der Waals surface area contributed by atoms with E-state index >= 15 is 0 Å². The van der Waals surface area contributed by atoms with Crippen LogP contribution in [-0.2, 0) is 17.2 Å². The summed E-state index contributed by atoms with van der Waals surface area (Å²) in [7, 11) is -1.13. The van der Waals surface area contributed by atoms with Gasteiger partial charge >= 0.3 is 0 Å². The van der Waals surface area contributed by atoms with Crippen molar-refractivity contribution in [3.8, 4) is 0 Å². The van der Waals surface area contributed by atoms with E-state index in [1.807, 2.05) is 25.1 Å². The third-order valence-corrected chi connectivity index (χ3v) is 8.04. The largest absolute Gasteiger partial charge is 0.357 e. The number of alkyl halides is 1. The number of allylic oxidation sites excluding steroid dienone is 3. The van der Waals surface area contributed by atoms with Crippen LogP contribution >= 0.6 is 0 Å². The first-order valence-electron chi connectivity index (χ1n) is 12.0. The molecule has 1 atom stereocenters. The van der Waals surface area contributed by atoms with Crippen LogP contribution in [0.1, 0.15) is 43.5 Å². The number of anilines is 2. The molecule has 1 N–H and O–H groups in total. The minimum absolute atomic E-state index is 0.173. The van der Waals surface area contributed by atoms with Crippen molar-refractivity contribution in [2.75, 3.05) is 35.7 Å². The molecule has 2 aliphatic rings. The van der Waals surface area contributed by atoms with E-state index in [1.54, 1.807) is 6.07 Å². The molecule has 2 aromatic heterocycles. The molecular weight excluding hydrogens is 470 g/mol. The second-order valence-electron chi connectivity index (χ2n) is 8.82. The molecule has 0 spiro atoms. The fourth-order valence-electron chi connectivity index (χ4n) is 4.79. The van der Waals surface area contributed by atoms with E-state index in [0.29, 0.717) is 23.5 Å². The predicted octanol–water partition coefficient (Wildman–Crippen LogP) is 5.64. The maximum atomic E-state index is 13.8. The van der Waals surface area contributed by atoms with E-state index in [1.165, 1.54) is 18.2 Å². The van der Waals surface area contributed by atoms with E-state index in [9.17, 15) is 13.0 Å². The molecule has 1 fully saturated rings. The topological polar surface area (TPSA) is 71.3 Å². The number of aryl methyl sites for hydroxylation is 1. The molecule has 1 saturated heterocycles. The van der Waals surface area contributed by atoms with Crippen LogP contribution in [0.2, 0.25) is 0 Å². The van der Waals surface area contributed by atoms with Crippen LogP contribution in [0, 0.1) is 5.82 Å². The number of aromatic nitrogens is 2. The van der Waals surface area contributed by atoms with Gasteiger partial charge in [-0.05, 0) is 49.6 Å². The zero-order chi connectivity index (χ0) is 24.4. The number of hydrogen-bond donors (Lipinski definition) is 1. The van der Waals surface area contributed by atoms with Crippen LogP contribution in [0.4, 0.5) is 20.3 Å². The summed E-state index contributed by atoms with van der Waals surface area (Å²) < 4.78 is 45.0. The number of pyridine rings is 1. The second kappa shape index (κ2) is 10.3. The number of piperidine rings is 1. The van der Waals surface area contributed by atoms with E-state index in [-0.39, 0.29) is 11.7 Å². The van der Waals surface area contributed by atoms with E-state index in [2.05, 4.69) is 15.4 Å². The summed E-state index contributed by atoms with van der Waals surface area (Å²) >= 11 is 0. The third-order valence-electron chi connectivity index (χ3n) is 6.56. The average Bonchev–Trinajstić information content (AvgIpc) is 3.46. The SMILES string of the molecule is CC/C=C\C(=C/CF)Nc1cc(N2CCC(c3noc4ccc(F)cc34)CC2)nc2c1S(=O)CC2. The number of nitrogens with one attached hydrogen (secondary N) is 1. The number of hydrogen-bond acceptors (Lipinski definition) is 6. The normalized spacial score (nSPS) is 19.1. The molecule has 4 heterocycles. The van der Waals surface area contributed by atoms with Crippen LogP contribution in [0.3, 0.4) is 0 Å². The zero-order valence-corrected chi connectivity index (χ0v) is 20.4. The quantitative estimate of drug-likeness (QED) is 0.425. The van der Waals surface area contributed by atoms with Crippen LogP contribution in [0.5, 0.6) is 0 Å². The maximum absolute atomic E-state index is 13.8. The number of benzene rings is 1. The molecule has 6 nitrogen and oxygen atoms in total. The molecular formula is C26H28F2N4O2S. The fourth-order valence-corrected chi connectivity index (χ4v) is 6.14. The van der Waals surface area contributed by atoms with Gasteiger partial charge < -0.3 is 14.7 Å². The monoisotopic (exact) mass is 498 g/mol. The molecule has 184 valence electrons. The van der Waals surface area contributed by atoms with Gasteiger partial charge in [0.15, 0.2) is 5.58 Å². The van der Waals surface area contributed by atoms with E-state index in [0.717, 1.165) is 65.5 Å². The smallest absolute Gasteiger partial charge is 0.167 e. The van der Waals surface area contributed by atoms with Crippen molar-refractivity contribution in [2.45, 2.75) is 43.4 Å². The minimum Gasteiger partial charge on any atom is -0.357 e. The van der Waals surface area contributed by atoms with Gasteiger partial charge in [0, 0.05) is 48.3 Å². The van der Waals surface area contributed by atoms with Crippen LogP contribution in [0.25, 0.3) is 11.0 Å². The van der Waals surface area contributed by atoms with Gasteiger partial charge in [0.2, 0.25) is 0 Å². The van der Waals surface area contributed by atoms with Crippen molar-refractivity contribution in [3.63, 3.8) is 0 Å². The molecule has 0 aliphatic carbocycles. The van der Waals surface area contributed by atoms with Gasteiger partial charge in [0.1, 0.15) is 18.3 Å². The van der Waals surface area contributed by atoms with Gasteiger partial charge in [-0.2, -0.15) is 0 Å². The molecule has 9 heteroatoms. The highest BCUT2D eigenvalue weighted by Crippen LogP contribution is 2.37. The maximum Gasteiger partial charge on any atom is 0.167 e. The second-order valence-corrected chi connectivity index (χ2v) is 10.3. The fraction of sp³-hybridized carbons (Fsp3) is 0.385. The Balaban J connectivity index is 1.38. The number of fused-ring (bicyclic) bond motifs is 2. The lowest BCUT2D eigenvalue weighted by atomic mass is 9.91. The molecule has 2 aliphatic heterocycles. The summed E-state index contributed by atoms with van der Waals surface area (Å²) in [5.74, 6) is 1.24. The summed E-state index contributed by atoms with van der Waals surface area (Å²) in [6.45, 7) is 2.94. The molecule has 5 rings (SSSR count). The Labute approximate surface area is 205 Å². The summed E-state index contributed by atoms with van der Waals surface area (Å²) in [4.78, 5) is 7.78. The van der Waals surface area contributed by atoms with Crippen LogP contribution in [-0.4, -0.2) is 39.9 Å².